The van der Waals surface area contributed by atoms with Crippen LogP contribution in [0.15, 0.2) is 18.6 Å². The van der Waals surface area contributed by atoms with Gasteiger partial charge in [0.05, 0.1) is 35.6 Å². The van der Waals surface area contributed by atoms with Gasteiger partial charge in [-0.05, 0) is 47.1 Å². The Kier molecular flexibility index (Phi) is 4.79. The number of nitrogens with zero attached hydrogens (tertiary/aromatic N) is 6. The van der Waals surface area contributed by atoms with Gasteiger partial charge >= 0.3 is 0 Å². The number of hydrogen-bond donors (Lipinski definition) is 0. The molecule has 3 aromatic heterocycles. The molecule has 0 aromatic carbocycles. The molecule has 25 heavy (non-hydrogen) atoms. The molecule has 0 saturated heterocycles. The first kappa shape index (κ1) is 17.5. The highest BCUT2D eigenvalue weighted by molar-refractivity contribution is 5.64. The van der Waals surface area contributed by atoms with Crippen molar-refractivity contribution >= 4 is 0 Å². The summed E-state index contributed by atoms with van der Waals surface area (Å²) < 4.78 is 6.42. The zero-order chi connectivity index (χ0) is 18.1. The minimum Gasteiger partial charge on any atom is -0.328 e. The highest BCUT2D eigenvalue weighted by atomic mass is 15.3. The third kappa shape index (κ3) is 3.25. The van der Waals surface area contributed by atoms with Gasteiger partial charge in [-0.15, -0.1) is 0 Å². The van der Waals surface area contributed by atoms with Gasteiger partial charge in [-0.3, -0.25) is 9.36 Å². The van der Waals surface area contributed by atoms with Crippen LogP contribution < -0.4 is 0 Å². The molecule has 0 bridgehead atoms. The Morgan fingerprint density at radius 2 is 1.88 bits per heavy atom. The van der Waals surface area contributed by atoms with Crippen LogP contribution in [0.1, 0.15) is 49.1 Å². The summed E-state index contributed by atoms with van der Waals surface area (Å²) in [4.78, 5) is 4.41. The van der Waals surface area contributed by atoms with Crippen LogP contribution in [0.3, 0.4) is 0 Å². The number of rotatable bonds is 6. The molecule has 0 saturated carbocycles. The van der Waals surface area contributed by atoms with E-state index in [9.17, 15) is 0 Å². The fraction of sp³-hybridized carbons (Fsp3) is 0.526. The van der Waals surface area contributed by atoms with Crippen LogP contribution in [0.2, 0.25) is 0 Å². The molecule has 3 aromatic rings. The SMILES string of the molecule is CCCn1nc(C)c(-c2cncn2C[C@@H](C)n2nc(C)cc2C)c1C. The Bertz CT molecular complexity index is 867. The first-order valence-corrected chi connectivity index (χ1v) is 8.99. The van der Waals surface area contributed by atoms with Crippen LogP contribution in [0.4, 0.5) is 0 Å². The lowest BCUT2D eigenvalue weighted by Crippen LogP contribution is -2.16. The number of imidazole rings is 1. The van der Waals surface area contributed by atoms with Crippen molar-refractivity contribution in [1.82, 2.24) is 29.1 Å². The molecule has 0 amide bonds. The molecule has 0 unspecified atom stereocenters. The topological polar surface area (TPSA) is 53.5 Å². The van der Waals surface area contributed by atoms with E-state index in [1.54, 1.807) is 0 Å². The summed E-state index contributed by atoms with van der Waals surface area (Å²) in [6.07, 6.45) is 4.93. The van der Waals surface area contributed by atoms with Gasteiger partial charge in [0.25, 0.3) is 0 Å². The summed E-state index contributed by atoms with van der Waals surface area (Å²) in [7, 11) is 0. The Labute approximate surface area is 149 Å². The van der Waals surface area contributed by atoms with E-state index in [-0.39, 0.29) is 6.04 Å². The Morgan fingerprint density at radius 1 is 1.12 bits per heavy atom. The molecule has 6 nitrogen and oxygen atoms in total. The summed E-state index contributed by atoms with van der Waals surface area (Å²) in [5, 5.41) is 9.33. The highest BCUT2D eigenvalue weighted by Crippen LogP contribution is 2.28. The molecular weight excluding hydrogens is 312 g/mol. The third-order valence-corrected chi connectivity index (χ3v) is 4.71. The number of aryl methyl sites for hydroxylation is 4. The van der Waals surface area contributed by atoms with Crippen molar-refractivity contribution in [3.05, 3.63) is 41.4 Å². The van der Waals surface area contributed by atoms with Gasteiger partial charge < -0.3 is 4.57 Å². The van der Waals surface area contributed by atoms with Crippen molar-refractivity contribution in [2.24, 2.45) is 0 Å². The molecule has 0 N–H and O–H groups in total. The molecule has 3 rings (SSSR count). The summed E-state index contributed by atoms with van der Waals surface area (Å²) >= 11 is 0. The van der Waals surface area contributed by atoms with E-state index in [0.717, 1.165) is 36.6 Å². The molecule has 0 fully saturated rings. The minimum atomic E-state index is 0.257. The van der Waals surface area contributed by atoms with Gasteiger partial charge in [-0.2, -0.15) is 10.2 Å². The van der Waals surface area contributed by atoms with Crippen LogP contribution in [0, 0.1) is 27.7 Å². The van der Waals surface area contributed by atoms with Gasteiger partial charge in [-0.25, -0.2) is 4.98 Å². The Morgan fingerprint density at radius 3 is 2.52 bits per heavy atom. The van der Waals surface area contributed by atoms with E-state index in [4.69, 9.17) is 5.10 Å². The molecular formula is C19H28N6. The monoisotopic (exact) mass is 340 g/mol. The average molecular weight is 340 g/mol. The second-order valence-electron chi connectivity index (χ2n) is 6.92. The van der Waals surface area contributed by atoms with Gasteiger partial charge in [0, 0.05) is 30.0 Å². The largest absolute Gasteiger partial charge is 0.328 e. The maximum atomic E-state index is 4.71. The zero-order valence-electron chi connectivity index (χ0n) is 16.1. The standard InChI is InChI=1S/C19H28N6/c1-7-8-24-17(6)19(16(5)22-24)18-10-20-12-23(18)11-15(4)25-14(3)9-13(2)21-25/h9-10,12,15H,7-8,11H2,1-6H3/t15-/m1/s1. The summed E-state index contributed by atoms with van der Waals surface area (Å²) in [6, 6.07) is 2.38. The van der Waals surface area contributed by atoms with Crippen LogP contribution in [0.5, 0.6) is 0 Å². The van der Waals surface area contributed by atoms with Crippen molar-refractivity contribution in [2.75, 3.05) is 0 Å². The zero-order valence-corrected chi connectivity index (χ0v) is 16.1. The first-order valence-electron chi connectivity index (χ1n) is 8.99. The molecule has 0 aliphatic heterocycles. The van der Waals surface area contributed by atoms with Crippen LogP contribution >= 0.6 is 0 Å². The Balaban J connectivity index is 1.92. The second kappa shape index (κ2) is 6.86. The van der Waals surface area contributed by atoms with Gasteiger partial charge in [0.15, 0.2) is 0 Å². The van der Waals surface area contributed by atoms with E-state index >= 15 is 0 Å². The van der Waals surface area contributed by atoms with Crippen molar-refractivity contribution in [2.45, 2.75) is 67.1 Å². The van der Waals surface area contributed by atoms with E-state index in [1.165, 1.54) is 17.0 Å². The maximum absolute atomic E-state index is 4.71. The minimum absolute atomic E-state index is 0.257. The van der Waals surface area contributed by atoms with Crippen molar-refractivity contribution < 1.29 is 0 Å². The first-order chi connectivity index (χ1) is 11.9. The molecule has 0 spiro atoms. The molecule has 6 heteroatoms. The van der Waals surface area contributed by atoms with Gasteiger partial charge in [0.1, 0.15) is 0 Å². The quantitative estimate of drug-likeness (QED) is 0.685. The maximum Gasteiger partial charge on any atom is 0.0951 e. The molecule has 134 valence electrons. The van der Waals surface area contributed by atoms with Crippen LogP contribution in [-0.4, -0.2) is 29.1 Å². The van der Waals surface area contributed by atoms with Gasteiger partial charge in [-0.1, -0.05) is 6.92 Å². The summed E-state index contributed by atoms with van der Waals surface area (Å²) in [5.74, 6) is 0. The average Bonchev–Trinajstić information content (AvgIpc) is 3.19. The molecule has 1 atom stereocenters. The van der Waals surface area contributed by atoms with Crippen molar-refractivity contribution in [1.29, 1.82) is 0 Å². The molecule has 0 radical (unpaired) electrons. The normalized spacial score (nSPS) is 12.7. The van der Waals surface area contributed by atoms with E-state index in [2.05, 4.69) is 64.7 Å². The lowest BCUT2D eigenvalue weighted by Gasteiger charge is -2.17. The number of aromatic nitrogens is 6. The van der Waals surface area contributed by atoms with Crippen LogP contribution in [-0.2, 0) is 13.1 Å². The van der Waals surface area contributed by atoms with Crippen LogP contribution in [0.25, 0.3) is 11.3 Å². The Hall–Kier alpha value is -2.37. The lowest BCUT2D eigenvalue weighted by molar-refractivity contribution is 0.418. The molecule has 0 aliphatic carbocycles. The number of hydrogen-bond acceptors (Lipinski definition) is 3. The fourth-order valence-electron chi connectivity index (χ4n) is 3.63. The highest BCUT2D eigenvalue weighted by Gasteiger charge is 2.18. The van der Waals surface area contributed by atoms with Crippen molar-refractivity contribution in [3.8, 4) is 11.3 Å². The van der Waals surface area contributed by atoms with Gasteiger partial charge in [0.2, 0.25) is 0 Å². The predicted molar refractivity (Wildman–Crippen MR) is 99.6 cm³/mol. The molecule has 3 heterocycles. The second-order valence-corrected chi connectivity index (χ2v) is 6.92. The smallest absolute Gasteiger partial charge is 0.0951 e. The predicted octanol–water partition coefficient (Wildman–Crippen LogP) is 3.85. The third-order valence-electron chi connectivity index (χ3n) is 4.71. The lowest BCUT2D eigenvalue weighted by atomic mass is 10.1. The van der Waals surface area contributed by atoms with E-state index < -0.39 is 0 Å². The van der Waals surface area contributed by atoms with E-state index in [0.29, 0.717) is 0 Å². The molecule has 0 aliphatic rings. The fourth-order valence-corrected chi connectivity index (χ4v) is 3.63. The summed E-state index contributed by atoms with van der Waals surface area (Å²) in [6.45, 7) is 14.5. The summed E-state index contributed by atoms with van der Waals surface area (Å²) in [5.41, 5.74) is 6.85. The van der Waals surface area contributed by atoms with E-state index in [1.807, 2.05) is 19.4 Å². The van der Waals surface area contributed by atoms with Crippen molar-refractivity contribution in [3.63, 3.8) is 0 Å².